The summed E-state index contributed by atoms with van der Waals surface area (Å²) in [7, 11) is 0. The van der Waals surface area contributed by atoms with Crippen LogP contribution >= 0.6 is 0 Å². The molecule has 0 spiro atoms. The van der Waals surface area contributed by atoms with Gasteiger partial charge in [-0.15, -0.1) is 0 Å². The molecule has 1 aromatic heterocycles. The van der Waals surface area contributed by atoms with E-state index in [1.54, 1.807) is 6.08 Å². The van der Waals surface area contributed by atoms with Gasteiger partial charge in [0.05, 0.1) is 4.92 Å². The minimum absolute atomic E-state index is 0.115. The van der Waals surface area contributed by atoms with Gasteiger partial charge in [-0.2, -0.15) is 0 Å². The molecule has 7 nitrogen and oxygen atoms in total. The lowest BCUT2D eigenvalue weighted by atomic mass is 10.1. The summed E-state index contributed by atoms with van der Waals surface area (Å²) >= 11 is 0. The lowest BCUT2D eigenvalue weighted by Crippen LogP contribution is -2.08. The number of hydrogen-bond acceptors (Lipinski definition) is 6. The lowest BCUT2D eigenvalue weighted by molar-refractivity contribution is -0.386. The van der Waals surface area contributed by atoms with Gasteiger partial charge in [0.25, 0.3) is 0 Å². The summed E-state index contributed by atoms with van der Waals surface area (Å²) in [6.07, 6.45) is 2.87. The fourth-order valence-electron chi connectivity index (χ4n) is 2.19. The number of nitrogens with zero attached hydrogens (tertiary/aromatic N) is 2. The fourth-order valence-corrected chi connectivity index (χ4v) is 2.19. The molecule has 0 amide bonds. The predicted molar refractivity (Wildman–Crippen MR) is 89.3 cm³/mol. The topological polar surface area (TPSA) is 87.6 Å². The van der Waals surface area contributed by atoms with E-state index in [0.29, 0.717) is 13.2 Å². The zero-order valence-electron chi connectivity index (χ0n) is 13.9. The second-order valence-corrected chi connectivity index (χ2v) is 4.98. The summed E-state index contributed by atoms with van der Waals surface area (Å²) in [6.45, 7) is 6.47. The van der Waals surface area contributed by atoms with Gasteiger partial charge in [0, 0.05) is 18.8 Å². The third kappa shape index (κ3) is 4.27. The average Bonchev–Trinajstić information content (AvgIpc) is 2.94. The van der Waals surface area contributed by atoms with Crippen LogP contribution in [0.3, 0.4) is 0 Å². The first-order valence-electron chi connectivity index (χ1n) is 7.68. The van der Waals surface area contributed by atoms with Crippen molar-refractivity contribution >= 4 is 17.8 Å². The van der Waals surface area contributed by atoms with E-state index >= 15 is 0 Å². The molecule has 128 valence electrons. The minimum Gasteiger partial charge on any atom is -0.349 e. The first kappa shape index (κ1) is 17.8. The molecule has 7 heteroatoms. The Hall–Kier alpha value is -2.51. The molecule has 0 radical (unpaired) electrons. The van der Waals surface area contributed by atoms with E-state index in [1.165, 1.54) is 13.0 Å². The molecule has 0 bridgehead atoms. The third-order valence-electron chi connectivity index (χ3n) is 3.31. The Balaban J connectivity index is 2.15. The van der Waals surface area contributed by atoms with Gasteiger partial charge in [-0.1, -0.05) is 35.5 Å². The van der Waals surface area contributed by atoms with Crippen LogP contribution in [0.5, 0.6) is 0 Å². The summed E-state index contributed by atoms with van der Waals surface area (Å²) in [5.74, 6) is 0.128. The van der Waals surface area contributed by atoms with Crippen LogP contribution in [0.25, 0.3) is 12.2 Å². The van der Waals surface area contributed by atoms with Crippen LogP contribution in [-0.2, 0) is 9.47 Å². The molecule has 0 aliphatic carbocycles. The molecule has 0 N–H and O–H groups in total. The molecule has 0 fully saturated rings. The van der Waals surface area contributed by atoms with Gasteiger partial charge in [-0.25, -0.2) is 0 Å². The molecule has 0 atom stereocenters. The normalized spacial score (nSPS) is 11.5. The minimum atomic E-state index is -0.497. The molecule has 0 saturated heterocycles. The SMILES string of the molecule is CCOC(OCC)c1ccc(C=Cc2onc(C)c2[N+](=O)[O-])cc1. The summed E-state index contributed by atoms with van der Waals surface area (Å²) in [5.41, 5.74) is 1.92. The molecule has 2 aromatic rings. The zero-order valence-corrected chi connectivity index (χ0v) is 13.9. The van der Waals surface area contributed by atoms with Gasteiger partial charge in [0.2, 0.25) is 5.76 Å². The Morgan fingerprint density at radius 3 is 2.38 bits per heavy atom. The number of aryl methyl sites for hydroxylation is 1. The van der Waals surface area contributed by atoms with Crippen molar-refractivity contribution in [3.63, 3.8) is 0 Å². The van der Waals surface area contributed by atoms with Crippen molar-refractivity contribution in [2.45, 2.75) is 27.1 Å². The van der Waals surface area contributed by atoms with Crippen molar-refractivity contribution in [1.82, 2.24) is 5.16 Å². The summed E-state index contributed by atoms with van der Waals surface area (Å²) < 4.78 is 16.1. The molecule has 2 rings (SSSR count). The predicted octanol–water partition coefficient (Wildman–Crippen LogP) is 4.13. The number of ether oxygens (including phenoxy) is 2. The van der Waals surface area contributed by atoms with Gasteiger partial charge >= 0.3 is 5.69 Å². The highest BCUT2D eigenvalue weighted by atomic mass is 16.7. The molecular weight excluding hydrogens is 312 g/mol. The summed E-state index contributed by atoms with van der Waals surface area (Å²) in [6, 6.07) is 7.56. The van der Waals surface area contributed by atoms with Gasteiger partial charge in [0.15, 0.2) is 12.0 Å². The highest BCUT2D eigenvalue weighted by molar-refractivity contribution is 5.71. The van der Waals surface area contributed by atoms with Gasteiger partial charge < -0.3 is 14.0 Å². The second kappa shape index (κ2) is 8.37. The first-order chi connectivity index (χ1) is 11.6. The number of aromatic nitrogens is 1. The molecule has 0 saturated carbocycles. The van der Waals surface area contributed by atoms with E-state index in [2.05, 4.69) is 5.16 Å². The van der Waals surface area contributed by atoms with E-state index in [4.69, 9.17) is 14.0 Å². The van der Waals surface area contributed by atoms with E-state index in [-0.39, 0.29) is 17.1 Å². The van der Waals surface area contributed by atoms with Crippen LogP contribution in [-0.4, -0.2) is 23.3 Å². The Labute approximate surface area is 140 Å². The van der Waals surface area contributed by atoms with E-state index in [9.17, 15) is 10.1 Å². The number of hydrogen-bond donors (Lipinski definition) is 0. The Kier molecular flexibility index (Phi) is 6.22. The largest absolute Gasteiger partial charge is 0.349 e. The highest BCUT2D eigenvalue weighted by Gasteiger charge is 2.21. The van der Waals surface area contributed by atoms with E-state index in [0.717, 1.165) is 11.1 Å². The van der Waals surface area contributed by atoms with Crippen molar-refractivity contribution in [2.24, 2.45) is 0 Å². The third-order valence-corrected chi connectivity index (χ3v) is 3.31. The molecule has 1 heterocycles. The van der Waals surface area contributed by atoms with Crippen LogP contribution in [0.2, 0.25) is 0 Å². The highest BCUT2D eigenvalue weighted by Crippen LogP contribution is 2.25. The maximum atomic E-state index is 11.0. The summed E-state index contributed by atoms with van der Waals surface area (Å²) in [4.78, 5) is 10.5. The van der Waals surface area contributed by atoms with Crippen LogP contribution in [0.4, 0.5) is 5.69 Å². The van der Waals surface area contributed by atoms with E-state index in [1.807, 2.05) is 38.1 Å². The quantitative estimate of drug-likeness (QED) is 0.410. The monoisotopic (exact) mass is 332 g/mol. The zero-order chi connectivity index (χ0) is 17.5. The number of benzene rings is 1. The Morgan fingerprint density at radius 2 is 1.83 bits per heavy atom. The Bertz CT molecular complexity index is 700. The molecule has 0 aliphatic rings. The maximum absolute atomic E-state index is 11.0. The van der Waals surface area contributed by atoms with Gasteiger partial charge in [0.1, 0.15) is 0 Å². The fraction of sp³-hybridized carbons (Fsp3) is 0.353. The van der Waals surface area contributed by atoms with Crippen LogP contribution in [0, 0.1) is 17.0 Å². The molecule has 1 aromatic carbocycles. The van der Waals surface area contributed by atoms with Crippen molar-refractivity contribution < 1.29 is 18.9 Å². The van der Waals surface area contributed by atoms with Gasteiger partial charge in [-0.3, -0.25) is 10.1 Å². The summed E-state index contributed by atoms with van der Waals surface area (Å²) in [5, 5.41) is 14.6. The van der Waals surface area contributed by atoms with Gasteiger partial charge in [-0.05, 0) is 32.4 Å². The lowest BCUT2D eigenvalue weighted by Gasteiger charge is -2.17. The molecule has 0 aliphatic heterocycles. The average molecular weight is 332 g/mol. The van der Waals surface area contributed by atoms with Crippen molar-refractivity contribution in [1.29, 1.82) is 0 Å². The smallest absolute Gasteiger partial charge is 0.338 e. The van der Waals surface area contributed by atoms with Crippen LogP contribution < -0.4 is 0 Å². The van der Waals surface area contributed by atoms with E-state index < -0.39 is 11.2 Å². The number of nitro groups is 1. The first-order valence-corrected chi connectivity index (χ1v) is 7.68. The van der Waals surface area contributed by atoms with Crippen molar-refractivity contribution in [2.75, 3.05) is 13.2 Å². The second-order valence-electron chi connectivity index (χ2n) is 4.98. The van der Waals surface area contributed by atoms with Crippen molar-refractivity contribution in [3.8, 4) is 0 Å². The maximum Gasteiger partial charge on any atom is 0.338 e. The molecule has 24 heavy (non-hydrogen) atoms. The van der Waals surface area contributed by atoms with Crippen LogP contribution in [0.1, 0.15) is 42.7 Å². The Morgan fingerprint density at radius 1 is 1.21 bits per heavy atom. The van der Waals surface area contributed by atoms with Crippen molar-refractivity contribution in [3.05, 3.63) is 57.0 Å². The standard InChI is InChI=1S/C17H20N2O5/c1-4-22-17(23-5-2)14-9-6-13(7-10-14)8-11-15-16(19(20)21)12(3)18-24-15/h6-11,17H,4-5H2,1-3H3. The molecule has 0 unspecified atom stereocenters. The number of rotatable bonds is 8. The van der Waals surface area contributed by atoms with Crippen LogP contribution in [0.15, 0.2) is 28.8 Å². The molecular formula is C17H20N2O5.